The molecule has 0 radical (unpaired) electrons. The minimum Gasteiger partial charge on any atom is -0.452 e. The molecule has 0 atom stereocenters. The third kappa shape index (κ3) is 6.83. The molecule has 6 aromatic carbocycles. The van der Waals surface area contributed by atoms with Gasteiger partial charge in [0.15, 0.2) is 28.9 Å². The van der Waals surface area contributed by atoms with Gasteiger partial charge >= 0.3 is 0 Å². The number of fused-ring (bicyclic) bond motifs is 3. The van der Waals surface area contributed by atoms with Gasteiger partial charge in [0.1, 0.15) is 16.8 Å². The van der Waals surface area contributed by atoms with E-state index in [4.69, 9.17) is 29.3 Å². The van der Waals surface area contributed by atoms with Crippen molar-refractivity contribution >= 4 is 33.2 Å². The SMILES string of the molecule is C=C(/C=C(\C=C/C)c1cccc(-c2nc(-c3ccccc3)nc(-c3ccccc3)n2)c1)c1cccc(-c2nc(-c3ccccc3)c3oc4ccccc4c3n2)c1. The molecule has 0 saturated heterocycles. The van der Waals surface area contributed by atoms with Gasteiger partial charge in [-0.05, 0) is 59.5 Å². The monoisotopic (exact) mass is 721 g/mol. The molecule has 266 valence electrons. The molecule has 9 rings (SSSR count). The van der Waals surface area contributed by atoms with E-state index in [-0.39, 0.29) is 0 Å². The number of allylic oxidation sites excluding steroid dienone is 5. The van der Waals surface area contributed by atoms with E-state index in [2.05, 4.69) is 43.0 Å². The van der Waals surface area contributed by atoms with Crippen LogP contribution in [0, 0.1) is 0 Å². The van der Waals surface area contributed by atoms with Crippen molar-refractivity contribution in [2.45, 2.75) is 6.92 Å². The first-order valence-electron chi connectivity index (χ1n) is 18.5. The molecule has 0 aliphatic rings. The van der Waals surface area contributed by atoms with E-state index in [0.717, 1.165) is 72.3 Å². The fraction of sp³-hybridized carbons (Fsp3) is 0.0200. The van der Waals surface area contributed by atoms with E-state index in [1.165, 1.54) is 0 Å². The van der Waals surface area contributed by atoms with Crippen LogP contribution in [0.2, 0.25) is 0 Å². The molecule has 3 heterocycles. The zero-order valence-electron chi connectivity index (χ0n) is 30.7. The van der Waals surface area contributed by atoms with Gasteiger partial charge < -0.3 is 4.42 Å². The summed E-state index contributed by atoms with van der Waals surface area (Å²) in [5.74, 6) is 2.46. The summed E-state index contributed by atoms with van der Waals surface area (Å²) in [5, 5.41) is 0.954. The highest BCUT2D eigenvalue weighted by Crippen LogP contribution is 2.36. The number of hydrogen-bond acceptors (Lipinski definition) is 6. The molecule has 0 aliphatic carbocycles. The topological polar surface area (TPSA) is 77.6 Å². The molecule has 0 fully saturated rings. The van der Waals surface area contributed by atoms with Gasteiger partial charge in [0, 0.05) is 33.2 Å². The van der Waals surface area contributed by atoms with Crippen molar-refractivity contribution in [1.82, 2.24) is 24.9 Å². The summed E-state index contributed by atoms with van der Waals surface area (Å²) in [6.07, 6.45) is 6.24. The van der Waals surface area contributed by atoms with Crippen LogP contribution in [0.3, 0.4) is 0 Å². The lowest BCUT2D eigenvalue weighted by molar-refractivity contribution is 0.667. The van der Waals surface area contributed by atoms with Crippen LogP contribution in [0.4, 0.5) is 0 Å². The van der Waals surface area contributed by atoms with Gasteiger partial charge in [0.05, 0.1) is 0 Å². The standard InChI is InChI=1S/C50H35N5O/c1-3-17-38(39-25-16-27-41(32-39)50-54-47(35-20-9-5-10-21-35)53-48(55-50)36-22-11-6-12-23-36)30-33(2)37-24-15-26-40(31-37)49-51-44(34-18-7-4-8-19-34)46-45(52-49)42-28-13-14-29-43(42)56-46/h3-32H,2H2,1H3/b17-3-,38-30+. The number of hydrogen-bond donors (Lipinski definition) is 0. The molecular weight excluding hydrogens is 687 g/mol. The molecule has 9 aromatic rings. The van der Waals surface area contributed by atoms with Crippen LogP contribution in [0.25, 0.3) is 90.0 Å². The second-order valence-electron chi connectivity index (χ2n) is 13.4. The summed E-state index contributed by atoms with van der Waals surface area (Å²) in [7, 11) is 0. The maximum Gasteiger partial charge on any atom is 0.180 e. The van der Waals surface area contributed by atoms with Crippen molar-refractivity contribution in [2.24, 2.45) is 0 Å². The number of para-hydroxylation sites is 1. The molecular formula is C50H35N5O. The van der Waals surface area contributed by atoms with E-state index in [1.54, 1.807) is 0 Å². The predicted molar refractivity (Wildman–Crippen MR) is 228 cm³/mol. The Morgan fingerprint density at radius 3 is 1.62 bits per heavy atom. The average Bonchev–Trinajstić information content (AvgIpc) is 3.65. The predicted octanol–water partition coefficient (Wildman–Crippen LogP) is 12.6. The van der Waals surface area contributed by atoms with Crippen LogP contribution in [-0.4, -0.2) is 24.9 Å². The Bertz CT molecular complexity index is 2870. The van der Waals surface area contributed by atoms with Gasteiger partial charge in [-0.1, -0.05) is 158 Å². The largest absolute Gasteiger partial charge is 0.452 e. The van der Waals surface area contributed by atoms with Crippen molar-refractivity contribution in [2.75, 3.05) is 0 Å². The Balaban J connectivity index is 1.09. The summed E-state index contributed by atoms with van der Waals surface area (Å²) in [6.45, 7) is 6.54. The molecule has 56 heavy (non-hydrogen) atoms. The first kappa shape index (κ1) is 34.2. The normalized spacial score (nSPS) is 11.8. The van der Waals surface area contributed by atoms with Crippen molar-refractivity contribution in [3.8, 4) is 56.8 Å². The first-order chi connectivity index (χ1) is 27.6. The van der Waals surface area contributed by atoms with Gasteiger partial charge in [0.2, 0.25) is 0 Å². The first-order valence-corrected chi connectivity index (χ1v) is 18.5. The van der Waals surface area contributed by atoms with Gasteiger partial charge in [-0.15, -0.1) is 0 Å². The van der Waals surface area contributed by atoms with Gasteiger partial charge in [0.25, 0.3) is 0 Å². The average molecular weight is 722 g/mol. The quantitative estimate of drug-likeness (QED) is 0.138. The van der Waals surface area contributed by atoms with Gasteiger partial charge in [-0.2, -0.15) is 0 Å². The second kappa shape index (κ2) is 15.0. The van der Waals surface area contributed by atoms with Gasteiger partial charge in [-0.3, -0.25) is 0 Å². The van der Waals surface area contributed by atoms with Crippen LogP contribution in [0.1, 0.15) is 18.1 Å². The summed E-state index contributed by atoms with van der Waals surface area (Å²) >= 11 is 0. The van der Waals surface area contributed by atoms with E-state index in [1.807, 2.05) is 153 Å². The summed E-state index contributed by atoms with van der Waals surface area (Å²) in [6, 6.07) is 54.6. The third-order valence-electron chi connectivity index (χ3n) is 9.59. The molecule has 0 aliphatic heterocycles. The lowest BCUT2D eigenvalue weighted by Gasteiger charge is -2.11. The number of rotatable bonds is 9. The smallest absolute Gasteiger partial charge is 0.180 e. The van der Waals surface area contributed by atoms with Crippen LogP contribution in [0.5, 0.6) is 0 Å². The van der Waals surface area contributed by atoms with Crippen LogP contribution >= 0.6 is 0 Å². The highest BCUT2D eigenvalue weighted by Gasteiger charge is 2.18. The van der Waals surface area contributed by atoms with Crippen LogP contribution in [0.15, 0.2) is 193 Å². The lowest BCUT2D eigenvalue weighted by Crippen LogP contribution is -2.00. The number of furan rings is 1. The van der Waals surface area contributed by atoms with Crippen molar-refractivity contribution in [3.63, 3.8) is 0 Å². The molecule has 0 saturated carbocycles. The number of nitrogens with zero attached hydrogens (tertiary/aromatic N) is 5. The molecule has 0 spiro atoms. The fourth-order valence-corrected chi connectivity index (χ4v) is 6.82. The Morgan fingerprint density at radius 2 is 1.00 bits per heavy atom. The minimum atomic E-state index is 0.600. The Labute approximate surface area is 325 Å². The van der Waals surface area contributed by atoms with Crippen LogP contribution in [-0.2, 0) is 0 Å². The minimum absolute atomic E-state index is 0.600. The van der Waals surface area contributed by atoms with E-state index in [9.17, 15) is 0 Å². The maximum atomic E-state index is 6.32. The molecule has 0 amide bonds. The van der Waals surface area contributed by atoms with Crippen molar-refractivity contribution < 1.29 is 4.42 Å². The lowest BCUT2D eigenvalue weighted by atomic mass is 9.97. The Hall–Kier alpha value is -7.57. The Morgan fingerprint density at radius 1 is 0.500 bits per heavy atom. The van der Waals surface area contributed by atoms with Crippen LogP contribution < -0.4 is 0 Å². The molecule has 0 N–H and O–H groups in total. The van der Waals surface area contributed by atoms with E-state index in [0.29, 0.717) is 28.9 Å². The molecule has 0 bridgehead atoms. The molecule has 3 aromatic heterocycles. The third-order valence-corrected chi connectivity index (χ3v) is 9.59. The maximum absolute atomic E-state index is 6.32. The van der Waals surface area contributed by atoms with E-state index < -0.39 is 0 Å². The summed E-state index contributed by atoms with van der Waals surface area (Å²) in [4.78, 5) is 24.9. The fourth-order valence-electron chi connectivity index (χ4n) is 6.82. The van der Waals surface area contributed by atoms with Crippen molar-refractivity contribution in [3.05, 3.63) is 200 Å². The second-order valence-corrected chi connectivity index (χ2v) is 13.4. The van der Waals surface area contributed by atoms with Gasteiger partial charge in [-0.25, -0.2) is 24.9 Å². The Kier molecular flexibility index (Phi) is 9.19. The number of aromatic nitrogens is 5. The zero-order chi connectivity index (χ0) is 37.8. The zero-order valence-corrected chi connectivity index (χ0v) is 30.7. The van der Waals surface area contributed by atoms with E-state index >= 15 is 0 Å². The molecule has 0 unspecified atom stereocenters. The van der Waals surface area contributed by atoms with Crippen molar-refractivity contribution in [1.29, 1.82) is 0 Å². The molecule has 6 nitrogen and oxygen atoms in total. The summed E-state index contributed by atoms with van der Waals surface area (Å²) < 4.78 is 6.32. The highest BCUT2D eigenvalue weighted by molar-refractivity contribution is 6.07. The highest BCUT2D eigenvalue weighted by atomic mass is 16.3. The summed E-state index contributed by atoms with van der Waals surface area (Å²) in [5.41, 5.74) is 11.4. The number of benzene rings is 6. The molecule has 6 heteroatoms.